The Balaban J connectivity index is 1.42. The van der Waals surface area contributed by atoms with Gasteiger partial charge in [0.25, 0.3) is 0 Å². The Morgan fingerprint density at radius 3 is 2.69 bits per heavy atom. The molecule has 0 atom stereocenters. The Bertz CT molecular complexity index is 1260. The first-order valence-electron chi connectivity index (χ1n) is 12.4. The minimum atomic E-state index is -0.393. The van der Waals surface area contributed by atoms with Gasteiger partial charge in [-0.15, -0.1) is 0 Å². The van der Waals surface area contributed by atoms with Crippen LogP contribution in [0.4, 0.5) is 10.5 Å². The molecule has 11 heteroatoms. The topological polar surface area (TPSA) is 115 Å². The third-order valence-corrected chi connectivity index (χ3v) is 6.90. The number of fused-ring (bicyclic) bond motifs is 3. The molecule has 2 aromatic heterocycles. The summed E-state index contributed by atoms with van der Waals surface area (Å²) in [5.41, 5.74) is 3.40. The Kier molecular flexibility index (Phi) is 6.88. The molecule has 4 heterocycles. The van der Waals surface area contributed by atoms with Crippen molar-refractivity contribution in [2.24, 2.45) is 0 Å². The molecule has 1 saturated heterocycles. The standard InChI is InChI=1S/C25H31N7O4/c1-36-25(35)31-14-4-6-18-19(31)7-8-20-24(18)28-21(9-15-30-13-5-10-27-30)32(20)17-22(33)26-16-23(34)29-11-2-3-12-29/h5,7-8,10,13H,2-4,6,9,11-12,14-17H2,1H3,(H,26,33). The summed E-state index contributed by atoms with van der Waals surface area (Å²) < 4.78 is 8.71. The van der Waals surface area contributed by atoms with Gasteiger partial charge in [-0.2, -0.15) is 5.10 Å². The molecule has 3 aromatic rings. The number of carbonyl (C=O) groups excluding carboxylic acids is 3. The average Bonchev–Trinajstić information content (AvgIpc) is 3.67. The van der Waals surface area contributed by atoms with Gasteiger partial charge >= 0.3 is 6.09 Å². The van der Waals surface area contributed by atoms with Crippen LogP contribution in [0.1, 0.15) is 30.7 Å². The quantitative estimate of drug-likeness (QED) is 0.536. The number of imidazole rings is 1. The van der Waals surface area contributed by atoms with E-state index in [1.807, 2.05) is 33.6 Å². The third-order valence-electron chi connectivity index (χ3n) is 6.90. The molecule has 0 aliphatic carbocycles. The predicted octanol–water partition coefficient (Wildman–Crippen LogP) is 1.73. The predicted molar refractivity (Wildman–Crippen MR) is 133 cm³/mol. The minimum Gasteiger partial charge on any atom is -0.452 e. The molecule has 0 spiro atoms. The summed E-state index contributed by atoms with van der Waals surface area (Å²) in [4.78, 5) is 46.0. The normalized spacial score (nSPS) is 15.2. The fourth-order valence-corrected chi connectivity index (χ4v) is 5.08. The molecule has 2 aliphatic rings. The minimum absolute atomic E-state index is 0.00241. The van der Waals surface area contributed by atoms with Gasteiger partial charge in [-0.3, -0.25) is 19.2 Å². The number of aromatic nitrogens is 4. The number of likely N-dealkylation sites (tertiary alicyclic amines) is 1. The number of nitrogens with one attached hydrogen (secondary N) is 1. The zero-order valence-corrected chi connectivity index (χ0v) is 20.5. The average molecular weight is 494 g/mol. The highest BCUT2D eigenvalue weighted by Crippen LogP contribution is 2.34. The summed E-state index contributed by atoms with van der Waals surface area (Å²) in [5.74, 6) is 0.466. The van der Waals surface area contributed by atoms with Crippen LogP contribution in [0.15, 0.2) is 30.6 Å². The lowest BCUT2D eigenvalue weighted by molar-refractivity contribution is -0.132. The highest BCUT2D eigenvalue weighted by atomic mass is 16.5. The maximum absolute atomic E-state index is 12.9. The van der Waals surface area contributed by atoms with Crippen LogP contribution in [0.25, 0.3) is 11.0 Å². The van der Waals surface area contributed by atoms with Crippen molar-refractivity contribution in [3.63, 3.8) is 0 Å². The molecule has 1 aromatic carbocycles. The molecule has 190 valence electrons. The van der Waals surface area contributed by atoms with Crippen LogP contribution in [0, 0.1) is 0 Å². The van der Waals surface area contributed by atoms with Gasteiger partial charge in [0.1, 0.15) is 12.4 Å². The Hall–Kier alpha value is -3.89. The van der Waals surface area contributed by atoms with Crippen molar-refractivity contribution in [1.29, 1.82) is 0 Å². The van der Waals surface area contributed by atoms with E-state index in [-0.39, 0.29) is 24.9 Å². The van der Waals surface area contributed by atoms with Crippen LogP contribution in [0.2, 0.25) is 0 Å². The molecule has 3 amide bonds. The Morgan fingerprint density at radius 2 is 1.94 bits per heavy atom. The molecule has 2 aliphatic heterocycles. The van der Waals surface area contributed by atoms with Crippen LogP contribution in [-0.4, -0.2) is 75.4 Å². The van der Waals surface area contributed by atoms with Crippen LogP contribution in [0.5, 0.6) is 0 Å². The highest BCUT2D eigenvalue weighted by molar-refractivity contribution is 5.95. The molecular weight excluding hydrogens is 462 g/mol. The number of benzene rings is 1. The van der Waals surface area contributed by atoms with Gasteiger partial charge in [-0.25, -0.2) is 9.78 Å². The number of carbonyl (C=O) groups is 3. The van der Waals surface area contributed by atoms with E-state index in [0.29, 0.717) is 19.5 Å². The SMILES string of the molecule is COC(=O)N1CCCc2c1ccc1c2nc(CCn2cccn2)n1CC(=O)NCC(=O)N1CCCC1. The van der Waals surface area contributed by atoms with Crippen molar-refractivity contribution in [2.75, 3.05) is 38.2 Å². The second kappa shape index (κ2) is 10.4. The molecule has 1 fully saturated rings. The van der Waals surface area contributed by atoms with Crippen molar-refractivity contribution in [3.05, 3.63) is 42.0 Å². The molecule has 0 bridgehead atoms. The van der Waals surface area contributed by atoms with Crippen LogP contribution in [0.3, 0.4) is 0 Å². The highest BCUT2D eigenvalue weighted by Gasteiger charge is 2.27. The van der Waals surface area contributed by atoms with Crippen molar-refractivity contribution < 1.29 is 19.1 Å². The molecular formula is C25H31N7O4. The number of methoxy groups -OCH3 is 1. The van der Waals surface area contributed by atoms with Crippen LogP contribution >= 0.6 is 0 Å². The van der Waals surface area contributed by atoms with Gasteiger partial charge in [-0.1, -0.05) is 0 Å². The number of amides is 3. The van der Waals surface area contributed by atoms with Gasteiger partial charge in [0, 0.05) is 50.6 Å². The van der Waals surface area contributed by atoms with E-state index in [2.05, 4.69) is 10.4 Å². The van der Waals surface area contributed by atoms with Gasteiger partial charge in [0.15, 0.2) is 0 Å². The fourth-order valence-electron chi connectivity index (χ4n) is 5.08. The van der Waals surface area contributed by atoms with E-state index in [4.69, 9.17) is 9.72 Å². The van der Waals surface area contributed by atoms with E-state index >= 15 is 0 Å². The first-order chi connectivity index (χ1) is 17.5. The Labute approximate surface area is 209 Å². The first kappa shape index (κ1) is 23.8. The molecule has 0 unspecified atom stereocenters. The lowest BCUT2D eigenvalue weighted by atomic mass is 10.0. The molecule has 1 N–H and O–H groups in total. The van der Waals surface area contributed by atoms with Crippen LogP contribution < -0.4 is 10.2 Å². The first-order valence-corrected chi connectivity index (χ1v) is 12.4. The monoisotopic (exact) mass is 493 g/mol. The summed E-state index contributed by atoms with van der Waals surface area (Å²) in [5, 5.41) is 7.06. The zero-order valence-electron chi connectivity index (χ0n) is 20.5. The summed E-state index contributed by atoms with van der Waals surface area (Å²) in [6.45, 7) is 2.76. The number of hydrogen-bond donors (Lipinski definition) is 1. The molecule has 11 nitrogen and oxygen atoms in total. The number of rotatable bonds is 7. The number of anilines is 1. The van der Waals surface area contributed by atoms with E-state index in [9.17, 15) is 14.4 Å². The number of ether oxygens (including phenoxy) is 1. The summed E-state index contributed by atoms with van der Waals surface area (Å²) in [6, 6.07) is 5.67. The van der Waals surface area contributed by atoms with E-state index < -0.39 is 6.09 Å². The van der Waals surface area contributed by atoms with Gasteiger partial charge in [0.05, 0.1) is 30.4 Å². The summed E-state index contributed by atoms with van der Waals surface area (Å²) in [7, 11) is 1.38. The second-order valence-electron chi connectivity index (χ2n) is 9.15. The van der Waals surface area contributed by atoms with Gasteiger partial charge in [-0.05, 0) is 43.9 Å². The van der Waals surface area contributed by atoms with Crippen LogP contribution in [-0.2, 0) is 40.3 Å². The lowest BCUT2D eigenvalue weighted by Gasteiger charge is -2.28. The lowest BCUT2D eigenvalue weighted by Crippen LogP contribution is -2.39. The molecule has 0 saturated carbocycles. The molecule has 0 radical (unpaired) electrons. The van der Waals surface area contributed by atoms with Crippen molar-refractivity contribution in [1.82, 2.24) is 29.5 Å². The smallest absolute Gasteiger partial charge is 0.414 e. The van der Waals surface area contributed by atoms with Crippen molar-refractivity contribution >= 4 is 34.6 Å². The molecule has 5 rings (SSSR count). The number of nitrogens with zero attached hydrogens (tertiary/aromatic N) is 6. The van der Waals surface area contributed by atoms with E-state index in [1.54, 1.807) is 16.0 Å². The third kappa shape index (κ3) is 4.77. The summed E-state index contributed by atoms with van der Waals surface area (Å²) >= 11 is 0. The maximum Gasteiger partial charge on any atom is 0.414 e. The van der Waals surface area contributed by atoms with Crippen molar-refractivity contribution in [2.45, 2.75) is 45.2 Å². The fraction of sp³-hybridized carbons (Fsp3) is 0.480. The number of aryl methyl sites for hydroxylation is 3. The molecule has 36 heavy (non-hydrogen) atoms. The maximum atomic E-state index is 12.9. The van der Waals surface area contributed by atoms with Crippen molar-refractivity contribution in [3.8, 4) is 0 Å². The summed E-state index contributed by atoms with van der Waals surface area (Å²) in [6.07, 6.45) is 7.41. The number of hydrogen-bond acceptors (Lipinski definition) is 6. The zero-order chi connectivity index (χ0) is 25.1. The largest absolute Gasteiger partial charge is 0.452 e. The van der Waals surface area contributed by atoms with E-state index in [1.165, 1.54) is 7.11 Å². The van der Waals surface area contributed by atoms with Gasteiger partial charge < -0.3 is 19.5 Å². The van der Waals surface area contributed by atoms with E-state index in [0.717, 1.165) is 66.9 Å². The Morgan fingerprint density at radius 1 is 1.11 bits per heavy atom. The van der Waals surface area contributed by atoms with Gasteiger partial charge in [0.2, 0.25) is 11.8 Å². The second-order valence-corrected chi connectivity index (χ2v) is 9.15.